The SMILES string of the molecule is CCN1CN(Cc2cn(CC(=O)c3cccs3)nn2)S(=O)(=O)N1CC. The summed E-state index contributed by atoms with van der Waals surface area (Å²) in [5, 5.41) is 11.5. The van der Waals surface area contributed by atoms with Gasteiger partial charge in [0.2, 0.25) is 0 Å². The first-order valence-corrected chi connectivity index (χ1v) is 10.2. The van der Waals surface area contributed by atoms with Gasteiger partial charge in [0.1, 0.15) is 6.54 Å². The number of thiophene rings is 1. The summed E-state index contributed by atoms with van der Waals surface area (Å²) in [5.74, 6) is -0.0467. The first-order chi connectivity index (χ1) is 12.0. The molecule has 3 rings (SSSR count). The van der Waals surface area contributed by atoms with Crippen LogP contribution in [0.15, 0.2) is 23.7 Å². The van der Waals surface area contributed by atoms with Crippen LogP contribution in [0.1, 0.15) is 29.2 Å². The van der Waals surface area contributed by atoms with Crippen LogP contribution >= 0.6 is 11.3 Å². The standard InChI is InChI=1S/C14H20N6O3S2/c1-3-18-11-19(25(22,23)20(18)4-2)9-12-8-17(16-15-12)10-13(21)14-6-5-7-24-14/h5-8H,3-4,9-11H2,1-2H3. The average Bonchev–Trinajstić information content (AvgIpc) is 3.28. The van der Waals surface area contributed by atoms with Crippen LogP contribution in [0.3, 0.4) is 0 Å². The van der Waals surface area contributed by atoms with Gasteiger partial charge >= 0.3 is 0 Å². The Morgan fingerprint density at radius 1 is 1.32 bits per heavy atom. The Balaban J connectivity index is 1.68. The van der Waals surface area contributed by atoms with Gasteiger partial charge in [0.25, 0.3) is 10.2 Å². The quantitative estimate of drug-likeness (QED) is 0.656. The van der Waals surface area contributed by atoms with Crippen LogP contribution in [-0.4, -0.2) is 62.7 Å². The summed E-state index contributed by atoms with van der Waals surface area (Å²) in [7, 11) is -3.54. The highest BCUT2D eigenvalue weighted by Crippen LogP contribution is 2.22. The van der Waals surface area contributed by atoms with Gasteiger partial charge in [0, 0.05) is 13.1 Å². The summed E-state index contributed by atoms with van der Waals surface area (Å²) < 4.78 is 29.2. The molecule has 1 fully saturated rings. The maximum absolute atomic E-state index is 12.5. The predicted molar refractivity (Wildman–Crippen MR) is 92.8 cm³/mol. The lowest BCUT2D eigenvalue weighted by molar-refractivity contribution is 0.0801. The monoisotopic (exact) mass is 384 g/mol. The van der Waals surface area contributed by atoms with Gasteiger partial charge in [0.05, 0.1) is 30.0 Å². The maximum Gasteiger partial charge on any atom is 0.296 e. The summed E-state index contributed by atoms with van der Waals surface area (Å²) >= 11 is 1.38. The third kappa shape index (κ3) is 3.65. The second-order valence-corrected chi connectivity index (χ2v) is 8.31. The second kappa shape index (κ2) is 7.30. The van der Waals surface area contributed by atoms with Gasteiger partial charge in [-0.2, -0.15) is 12.7 Å². The van der Waals surface area contributed by atoms with E-state index in [9.17, 15) is 13.2 Å². The van der Waals surface area contributed by atoms with Gasteiger partial charge in [-0.25, -0.2) is 9.69 Å². The fraction of sp³-hybridized carbons (Fsp3) is 0.500. The highest BCUT2D eigenvalue weighted by atomic mass is 32.2. The zero-order valence-electron chi connectivity index (χ0n) is 14.1. The van der Waals surface area contributed by atoms with E-state index >= 15 is 0 Å². The van der Waals surface area contributed by atoms with Gasteiger partial charge in [-0.3, -0.25) is 4.79 Å². The molecule has 0 radical (unpaired) electrons. The lowest BCUT2D eigenvalue weighted by atomic mass is 10.3. The fourth-order valence-corrected chi connectivity index (χ4v) is 4.97. The minimum atomic E-state index is -3.54. The topological polar surface area (TPSA) is 91.6 Å². The van der Waals surface area contributed by atoms with Crippen LogP contribution in [0.5, 0.6) is 0 Å². The Morgan fingerprint density at radius 2 is 2.12 bits per heavy atom. The van der Waals surface area contributed by atoms with Crippen LogP contribution in [0, 0.1) is 0 Å². The molecule has 3 heterocycles. The molecule has 0 unspecified atom stereocenters. The van der Waals surface area contributed by atoms with Crippen molar-refractivity contribution in [1.82, 2.24) is 28.7 Å². The van der Waals surface area contributed by atoms with Crippen LogP contribution in [0.2, 0.25) is 0 Å². The van der Waals surface area contributed by atoms with Crippen molar-refractivity contribution in [3.05, 3.63) is 34.3 Å². The van der Waals surface area contributed by atoms with Gasteiger partial charge < -0.3 is 0 Å². The van der Waals surface area contributed by atoms with Crippen molar-refractivity contribution in [2.24, 2.45) is 0 Å². The molecular weight excluding hydrogens is 364 g/mol. The molecule has 0 amide bonds. The molecule has 0 N–H and O–H groups in total. The molecule has 0 bridgehead atoms. The number of Topliss-reactive ketones (excluding diaryl/α,β-unsaturated/α-hetero) is 1. The van der Waals surface area contributed by atoms with Crippen LogP contribution in [0.25, 0.3) is 0 Å². The van der Waals surface area contributed by atoms with Crippen molar-refractivity contribution in [3.8, 4) is 0 Å². The van der Waals surface area contributed by atoms with E-state index in [1.165, 1.54) is 24.7 Å². The third-order valence-electron chi connectivity index (χ3n) is 3.89. The van der Waals surface area contributed by atoms with Crippen molar-refractivity contribution in [3.63, 3.8) is 0 Å². The third-order valence-corrected chi connectivity index (χ3v) is 6.72. The molecule has 1 aliphatic rings. The minimum absolute atomic E-state index is 0.0467. The van der Waals surface area contributed by atoms with Gasteiger partial charge in [-0.15, -0.1) is 20.8 Å². The number of hydrogen-bond acceptors (Lipinski definition) is 7. The molecule has 0 saturated carbocycles. The van der Waals surface area contributed by atoms with E-state index in [0.717, 1.165) is 0 Å². The van der Waals surface area contributed by atoms with Crippen molar-refractivity contribution < 1.29 is 13.2 Å². The molecule has 2 aromatic rings. The number of carbonyl (C=O) groups is 1. The molecule has 1 aliphatic heterocycles. The molecule has 0 spiro atoms. The fourth-order valence-electron chi connectivity index (χ4n) is 2.69. The summed E-state index contributed by atoms with van der Waals surface area (Å²) in [4.78, 5) is 12.8. The van der Waals surface area contributed by atoms with Crippen LogP contribution in [0.4, 0.5) is 0 Å². The number of hydrogen-bond donors (Lipinski definition) is 0. The molecule has 25 heavy (non-hydrogen) atoms. The Bertz CT molecular complexity index is 833. The molecular formula is C14H20N6O3S2. The van der Waals surface area contributed by atoms with E-state index in [2.05, 4.69) is 10.3 Å². The largest absolute Gasteiger partial charge is 0.296 e. The van der Waals surface area contributed by atoms with E-state index < -0.39 is 10.2 Å². The molecule has 9 nitrogen and oxygen atoms in total. The highest BCUT2D eigenvalue weighted by molar-refractivity contribution is 7.86. The number of ketones is 1. The summed E-state index contributed by atoms with van der Waals surface area (Å²) in [6, 6.07) is 3.59. The Kier molecular flexibility index (Phi) is 5.29. The average molecular weight is 384 g/mol. The molecule has 0 atom stereocenters. The summed E-state index contributed by atoms with van der Waals surface area (Å²) in [6.45, 7) is 5.20. The van der Waals surface area contributed by atoms with E-state index in [1.807, 2.05) is 18.4 Å². The Labute approximate surface area is 150 Å². The van der Waals surface area contributed by atoms with Crippen LogP contribution in [-0.2, 0) is 23.3 Å². The van der Waals surface area contributed by atoms with Gasteiger partial charge in [-0.1, -0.05) is 18.2 Å². The van der Waals surface area contributed by atoms with Crippen LogP contribution < -0.4 is 0 Å². The van der Waals surface area contributed by atoms with Gasteiger partial charge in [0.15, 0.2) is 5.78 Å². The van der Waals surface area contributed by atoms with Crippen molar-refractivity contribution in [1.29, 1.82) is 0 Å². The van der Waals surface area contributed by atoms with Crippen molar-refractivity contribution in [2.75, 3.05) is 19.8 Å². The van der Waals surface area contributed by atoms with E-state index in [-0.39, 0.29) is 25.5 Å². The number of rotatable bonds is 7. The smallest absolute Gasteiger partial charge is 0.291 e. The molecule has 11 heteroatoms. The molecule has 136 valence electrons. The summed E-state index contributed by atoms with van der Waals surface area (Å²) in [6.07, 6.45) is 1.62. The lowest BCUT2D eigenvalue weighted by Gasteiger charge is -2.21. The lowest BCUT2D eigenvalue weighted by Crippen LogP contribution is -2.38. The van der Waals surface area contributed by atoms with Crippen molar-refractivity contribution >= 4 is 27.3 Å². The first-order valence-electron chi connectivity index (χ1n) is 7.94. The zero-order valence-corrected chi connectivity index (χ0v) is 15.7. The number of nitrogens with zero attached hydrogens (tertiary/aromatic N) is 6. The number of carbonyl (C=O) groups excluding carboxylic acids is 1. The minimum Gasteiger partial charge on any atom is -0.291 e. The number of aromatic nitrogens is 3. The highest BCUT2D eigenvalue weighted by Gasteiger charge is 2.41. The van der Waals surface area contributed by atoms with Gasteiger partial charge in [-0.05, 0) is 18.4 Å². The first kappa shape index (κ1) is 18.1. The normalized spacial score (nSPS) is 18.8. The van der Waals surface area contributed by atoms with Crippen molar-refractivity contribution in [2.45, 2.75) is 26.9 Å². The molecule has 0 aromatic carbocycles. The maximum atomic E-state index is 12.5. The number of hydrazine groups is 1. The molecule has 2 aromatic heterocycles. The molecule has 0 aliphatic carbocycles. The summed E-state index contributed by atoms with van der Waals surface area (Å²) in [5.41, 5.74) is 0.511. The second-order valence-electron chi connectivity index (χ2n) is 5.53. The van der Waals surface area contributed by atoms with E-state index in [0.29, 0.717) is 23.7 Å². The van der Waals surface area contributed by atoms with E-state index in [1.54, 1.807) is 24.2 Å². The zero-order chi connectivity index (χ0) is 18.0. The Morgan fingerprint density at radius 3 is 2.72 bits per heavy atom. The Hall–Kier alpha value is -1.66. The molecule has 1 saturated heterocycles. The van der Waals surface area contributed by atoms with E-state index in [4.69, 9.17) is 0 Å². The predicted octanol–water partition coefficient (Wildman–Crippen LogP) is 0.799.